The summed E-state index contributed by atoms with van der Waals surface area (Å²) in [7, 11) is 0. The van der Waals surface area contributed by atoms with Crippen LogP contribution in [0.15, 0.2) is 18.2 Å². The monoisotopic (exact) mass is 342 g/mol. The fourth-order valence-electron chi connectivity index (χ4n) is 1.72. The summed E-state index contributed by atoms with van der Waals surface area (Å²) in [4.78, 5) is 0. The Kier molecular flexibility index (Phi) is 15.2. The van der Waals surface area contributed by atoms with Crippen LogP contribution in [0.3, 0.4) is 0 Å². The second-order valence-electron chi connectivity index (χ2n) is 4.07. The van der Waals surface area contributed by atoms with E-state index in [9.17, 15) is 0 Å². The molecule has 0 spiro atoms. The minimum absolute atomic E-state index is 0. The van der Waals surface area contributed by atoms with Crippen molar-refractivity contribution in [1.29, 1.82) is 0 Å². The molecule has 2 N–H and O–H groups in total. The van der Waals surface area contributed by atoms with Gasteiger partial charge < -0.3 is 15.4 Å². The SMILES string of the molecule is CCNCCCNCc1cc(Cl)ccc1OCC.Cl.Cl. The third-order valence-electron chi connectivity index (χ3n) is 2.59. The maximum Gasteiger partial charge on any atom is 0.123 e. The number of hydrogen-bond donors (Lipinski definition) is 2. The van der Waals surface area contributed by atoms with Gasteiger partial charge >= 0.3 is 0 Å². The van der Waals surface area contributed by atoms with Gasteiger partial charge in [-0.1, -0.05) is 18.5 Å². The lowest BCUT2D eigenvalue weighted by atomic mass is 10.2. The van der Waals surface area contributed by atoms with Crippen molar-refractivity contribution in [2.45, 2.75) is 26.8 Å². The summed E-state index contributed by atoms with van der Waals surface area (Å²) in [5.74, 6) is 0.918. The van der Waals surface area contributed by atoms with E-state index < -0.39 is 0 Å². The number of nitrogens with one attached hydrogen (secondary N) is 2. The van der Waals surface area contributed by atoms with Crippen LogP contribution in [-0.4, -0.2) is 26.2 Å². The Morgan fingerprint density at radius 2 is 1.80 bits per heavy atom. The van der Waals surface area contributed by atoms with Crippen molar-refractivity contribution in [2.24, 2.45) is 0 Å². The highest BCUT2D eigenvalue weighted by Crippen LogP contribution is 2.22. The Morgan fingerprint density at radius 3 is 2.45 bits per heavy atom. The van der Waals surface area contributed by atoms with E-state index in [4.69, 9.17) is 16.3 Å². The van der Waals surface area contributed by atoms with Gasteiger partial charge in [0.05, 0.1) is 6.61 Å². The Hall–Kier alpha value is -0.190. The lowest BCUT2D eigenvalue weighted by Gasteiger charge is -2.11. The van der Waals surface area contributed by atoms with Crippen LogP contribution in [0.25, 0.3) is 0 Å². The quantitative estimate of drug-likeness (QED) is 0.671. The van der Waals surface area contributed by atoms with Gasteiger partial charge in [-0.05, 0) is 51.2 Å². The van der Waals surface area contributed by atoms with Crippen LogP contribution in [0.2, 0.25) is 5.02 Å². The van der Waals surface area contributed by atoms with Crippen molar-refractivity contribution in [2.75, 3.05) is 26.2 Å². The van der Waals surface area contributed by atoms with Gasteiger partial charge in [-0.15, -0.1) is 24.8 Å². The molecule has 0 unspecified atom stereocenters. The number of hydrogen-bond acceptors (Lipinski definition) is 3. The van der Waals surface area contributed by atoms with Crippen molar-refractivity contribution in [1.82, 2.24) is 10.6 Å². The maximum atomic E-state index is 6.00. The van der Waals surface area contributed by atoms with Crippen LogP contribution in [0, 0.1) is 0 Å². The first kappa shape index (κ1) is 22.1. The van der Waals surface area contributed by atoms with Crippen LogP contribution in [-0.2, 0) is 6.54 Å². The molecule has 0 aliphatic rings. The van der Waals surface area contributed by atoms with Gasteiger partial charge in [0.1, 0.15) is 5.75 Å². The normalized spacial score (nSPS) is 9.55. The average Bonchev–Trinajstić information content (AvgIpc) is 2.37. The average molecular weight is 344 g/mol. The summed E-state index contributed by atoms with van der Waals surface area (Å²) in [6, 6.07) is 5.76. The van der Waals surface area contributed by atoms with E-state index in [1.165, 1.54) is 0 Å². The molecule has 1 aromatic carbocycles. The van der Waals surface area contributed by atoms with Gasteiger partial charge in [-0.25, -0.2) is 0 Å². The molecule has 0 amide bonds. The van der Waals surface area contributed by atoms with Crippen LogP contribution in [0.4, 0.5) is 0 Å². The Balaban J connectivity index is 0. The molecule has 0 fully saturated rings. The Bertz CT molecular complexity index is 351. The van der Waals surface area contributed by atoms with E-state index in [1.807, 2.05) is 25.1 Å². The number of benzene rings is 1. The number of halogens is 3. The van der Waals surface area contributed by atoms with Gasteiger partial charge in [0.15, 0.2) is 0 Å². The van der Waals surface area contributed by atoms with E-state index in [1.54, 1.807) is 0 Å². The molecule has 0 saturated carbocycles. The summed E-state index contributed by atoms with van der Waals surface area (Å²) < 4.78 is 5.58. The summed E-state index contributed by atoms with van der Waals surface area (Å²) in [6.07, 6.45) is 1.12. The highest BCUT2D eigenvalue weighted by Gasteiger charge is 2.03. The minimum Gasteiger partial charge on any atom is -0.494 e. The zero-order chi connectivity index (χ0) is 13.2. The van der Waals surface area contributed by atoms with Gasteiger partial charge in [-0.2, -0.15) is 0 Å². The molecule has 6 heteroatoms. The predicted octanol–water partition coefficient (Wildman–Crippen LogP) is 3.67. The molecule has 0 aromatic heterocycles. The summed E-state index contributed by atoms with van der Waals surface area (Å²) in [5, 5.41) is 7.46. The summed E-state index contributed by atoms with van der Waals surface area (Å²) >= 11 is 6.00. The molecule has 0 bridgehead atoms. The molecule has 0 aliphatic heterocycles. The molecular formula is C14H25Cl3N2O. The first-order valence-electron chi connectivity index (χ1n) is 6.60. The first-order valence-corrected chi connectivity index (χ1v) is 6.98. The number of ether oxygens (including phenoxy) is 1. The molecular weight excluding hydrogens is 319 g/mol. The van der Waals surface area contributed by atoms with Crippen LogP contribution in [0.5, 0.6) is 5.75 Å². The van der Waals surface area contributed by atoms with E-state index in [0.29, 0.717) is 6.61 Å². The van der Waals surface area contributed by atoms with Crippen LogP contribution < -0.4 is 15.4 Å². The highest BCUT2D eigenvalue weighted by atomic mass is 35.5. The second kappa shape index (κ2) is 13.8. The molecule has 0 radical (unpaired) electrons. The third-order valence-corrected chi connectivity index (χ3v) is 2.83. The number of rotatable bonds is 9. The predicted molar refractivity (Wildman–Crippen MR) is 92.0 cm³/mol. The molecule has 0 heterocycles. The zero-order valence-electron chi connectivity index (χ0n) is 12.1. The fourth-order valence-corrected chi connectivity index (χ4v) is 1.92. The molecule has 20 heavy (non-hydrogen) atoms. The molecule has 3 nitrogen and oxygen atoms in total. The molecule has 1 rings (SSSR count). The fraction of sp³-hybridized carbons (Fsp3) is 0.571. The second-order valence-corrected chi connectivity index (χ2v) is 4.51. The molecule has 0 atom stereocenters. The Labute approximate surface area is 139 Å². The standard InChI is InChI=1S/C14H23ClN2O.2ClH/c1-3-16-8-5-9-17-11-12-10-13(15)6-7-14(12)18-4-2;;/h6-7,10,16-17H,3-5,8-9,11H2,1-2H3;2*1H. The lowest BCUT2D eigenvalue weighted by Crippen LogP contribution is -2.21. The molecule has 118 valence electrons. The van der Waals surface area contributed by atoms with Crippen LogP contribution in [0.1, 0.15) is 25.8 Å². The minimum atomic E-state index is 0. The van der Waals surface area contributed by atoms with Crippen molar-refractivity contribution >= 4 is 36.4 Å². The van der Waals surface area contributed by atoms with Gasteiger partial charge in [0.2, 0.25) is 0 Å². The van der Waals surface area contributed by atoms with Crippen LogP contribution >= 0.6 is 36.4 Å². The molecule has 0 saturated heterocycles. The largest absolute Gasteiger partial charge is 0.494 e. The van der Waals surface area contributed by atoms with Crippen molar-refractivity contribution in [3.05, 3.63) is 28.8 Å². The highest BCUT2D eigenvalue weighted by molar-refractivity contribution is 6.30. The van der Waals surface area contributed by atoms with Crippen molar-refractivity contribution in [3.8, 4) is 5.75 Å². The molecule has 0 aliphatic carbocycles. The first-order chi connectivity index (χ1) is 8.77. The van der Waals surface area contributed by atoms with E-state index in [-0.39, 0.29) is 24.8 Å². The third kappa shape index (κ3) is 8.88. The van der Waals surface area contributed by atoms with Gasteiger partial charge in [-0.3, -0.25) is 0 Å². The van der Waals surface area contributed by atoms with Gasteiger partial charge in [0, 0.05) is 17.1 Å². The summed E-state index contributed by atoms with van der Waals surface area (Å²) in [6.45, 7) is 8.65. The smallest absolute Gasteiger partial charge is 0.123 e. The maximum absolute atomic E-state index is 6.00. The zero-order valence-corrected chi connectivity index (χ0v) is 14.5. The lowest BCUT2D eigenvalue weighted by molar-refractivity contribution is 0.335. The van der Waals surface area contributed by atoms with E-state index in [0.717, 1.165) is 48.9 Å². The topological polar surface area (TPSA) is 33.3 Å². The van der Waals surface area contributed by atoms with Crippen molar-refractivity contribution in [3.63, 3.8) is 0 Å². The molecule has 1 aromatic rings. The van der Waals surface area contributed by atoms with Gasteiger partial charge in [0.25, 0.3) is 0 Å². The Morgan fingerprint density at radius 1 is 1.10 bits per heavy atom. The summed E-state index contributed by atoms with van der Waals surface area (Å²) in [5.41, 5.74) is 1.12. The van der Waals surface area contributed by atoms with E-state index >= 15 is 0 Å². The van der Waals surface area contributed by atoms with Crippen molar-refractivity contribution < 1.29 is 4.74 Å². The van der Waals surface area contributed by atoms with E-state index in [2.05, 4.69) is 17.6 Å².